The van der Waals surface area contributed by atoms with Crippen molar-refractivity contribution in [3.8, 4) is 0 Å². The van der Waals surface area contributed by atoms with Crippen molar-refractivity contribution in [2.24, 2.45) is 0 Å². The van der Waals surface area contributed by atoms with Crippen LogP contribution in [0.5, 0.6) is 0 Å². The Balaban J connectivity index is 1.91. The molecule has 1 fully saturated rings. The zero-order valence-corrected chi connectivity index (χ0v) is 12.1. The predicted octanol–water partition coefficient (Wildman–Crippen LogP) is 3.18. The van der Waals surface area contributed by atoms with E-state index in [0.717, 1.165) is 11.1 Å². The summed E-state index contributed by atoms with van der Waals surface area (Å²) >= 11 is 0. The molecule has 0 unspecified atom stereocenters. The van der Waals surface area contributed by atoms with E-state index in [0.29, 0.717) is 6.54 Å². The van der Waals surface area contributed by atoms with Crippen molar-refractivity contribution in [2.45, 2.75) is 25.6 Å². The van der Waals surface area contributed by atoms with Gasteiger partial charge in [0.15, 0.2) is 0 Å². The van der Waals surface area contributed by atoms with Crippen LogP contribution in [-0.2, 0) is 16.1 Å². The van der Waals surface area contributed by atoms with Gasteiger partial charge in [-0.2, -0.15) is 0 Å². The molecule has 0 N–H and O–H groups in total. The van der Waals surface area contributed by atoms with Gasteiger partial charge >= 0.3 is 0 Å². The molecular weight excluding hydrogens is 262 g/mol. The van der Waals surface area contributed by atoms with Gasteiger partial charge in [-0.1, -0.05) is 60.7 Å². The number of amides is 1. The van der Waals surface area contributed by atoms with Crippen molar-refractivity contribution in [1.29, 1.82) is 0 Å². The fraction of sp³-hybridized carbons (Fsp3) is 0.278. The average Bonchev–Trinajstić information content (AvgIpc) is 2.53. The molecule has 3 nitrogen and oxygen atoms in total. The Kier molecular flexibility index (Phi) is 4.02. The topological polar surface area (TPSA) is 29.5 Å². The van der Waals surface area contributed by atoms with E-state index in [1.807, 2.05) is 48.2 Å². The molecule has 3 rings (SSSR count). The summed E-state index contributed by atoms with van der Waals surface area (Å²) < 4.78 is 5.63. The van der Waals surface area contributed by atoms with E-state index in [2.05, 4.69) is 24.3 Å². The maximum Gasteiger partial charge on any atom is 0.249 e. The van der Waals surface area contributed by atoms with Gasteiger partial charge in [-0.3, -0.25) is 4.79 Å². The minimum Gasteiger partial charge on any atom is -0.366 e. The van der Waals surface area contributed by atoms with Gasteiger partial charge in [-0.15, -0.1) is 0 Å². The van der Waals surface area contributed by atoms with Crippen LogP contribution in [0.4, 0.5) is 0 Å². The summed E-state index contributed by atoms with van der Waals surface area (Å²) in [7, 11) is 0. The fourth-order valence-electron chi connectivity index (χ4n) is 2.85. The van der Waals surface area contributed by atoms with Gasteiger partial charge in [-0.05, 0) is 18.1 Å². The van der Waals surface area contributed by atoms with Gasteiger partial charge in [0.05, 0.1) is 12.1 Å². The molecule has 2 atom stereocenters. The van der Waals surface area contributed by atoms with E-state index < -0.39 is 0 Å². The molecule has 0 saturated carbocycles. The van der Waals surface area contributed by atoms with Gasteiger partial charge in [0.25, 0.3) is 0 Å². The Bertz CT molecular complexity index is 597. The van der Waals surface area contributed by atoms with Gasteiger partial charge in [-0.25, -0.2) is 0 Å². The minimum absolute atomic E-state index is 0.00573. The summed E-state index contributed by atoms with van der Waals surface area (Å²) in [6, 6.07) is 20.2. The van der Waals surface area contributed by atoms with Crippen LogP contribution in [0.1, 0.15) is 24.1 Å². The van der Waals surface area contributed by atoms with Crippen molar-refractivity contribution in [2.75, 3.05) is 6.61 Å². The summed E-state index contributed by atoms with van der Waals surface area (Å²) in [6.07, 6.45) is -0.00573. The van der Waals surface area contributed by atoms with Crippen LogP contribution in [0.15, 0.2) is 60.7 Å². The quantitative estimate of drug-likeness (QED) is 0.865. The van der Waals surface area contributed by atoms with Gasteiger partial charge in [0, 0.05) is 6.54 Å². The van der Waals surface area contributed by atoms with Crippen LogP contribution in [0.2, 0.25) is 0 Å². The highest BCUT2D eigenvalue weighted by molar-refractivity contribution is 5.78. The monoisotopic (exact) mass is 281 g/mol. The number of benzene rings is 2. The molecule has 2 aromatic rings. The maximum absolute atomic E-state index is 12.3. The summed E-state index contributed by atoms with van der Waals surface area (Å²) in [4.78, 5) is 14.3. The summed E-state index contributed by atoms with van der Waals surface area (Å²) in [5.41, 5.74) is 2.26. The molecule has 2 aromatic carbocycles. The zero-order chi connectivity index (χ0) is 14.7. The van der Waals surface area contributed by atoms with Crippen LogP contribution in [0.3, 0.4) is 0 Å². The second kappa shape index (κ2) is 6.10. The van der Waals surface area contributed by atoms with Crippen LogP contribution >= 0.6 is 0 Å². The average molecular weight is 281 g/mol. The largest absolute Gasteiger partial charge is 0.366 e. The second-order valence-electron chi connectivity index (χ2n) is 5.38. The number of hydrogen-bond acceptors (Lipinski definition) is 2. The Morgan fingerprint density at radius 1 is 1.05 bits per heavy atom. The first kappa shape index (κ1) is 13.8. The highest BCUT2D eigenvalue weighted by Gasteiger charge is 2.35. The Labute approximate surface area is 125 Å². The third kappa shape index (κ3) is 2.98. The van der Waals surface area contributed by atoms with Crippen molar-refractivity contribution < 1.29 is 9.53 Å². The van der Waals surface area contributed by atoms with Crippen molar-refractivity contribution >= 4 is 5.91 Å². The number of rotatable bonds is 3. The SMILES string of the molecule is C[C@@H]1OCC(=O)N(Cc2ccccc2)[C@@H]1c1ccccc1. The normalized spacial score (nSPS) is 22.3. The Hall–Kier alpha value is -2.13. The predicted molar refractivity (Wildman–Crippen MR) is 81.6 cm³/mol. The smallest absolute Gasteiger partial charge is 0.249 e. The summed E-state index contributed by atoms with van der Waals surface area (Å²) in [5.74, 6) is 0.0470. The molecule has 0 aromatic heterocycles. The molecule has 0 aliphatic carbocycles. The first-order valence-electron chi connectivity index (χ1n) is 7.25. The molecule has 21 heavy (non-hydrogen) atoms. The first-order valence-corrected chi connectivity index (χ1v) is 7.25. The zero-order valence-electron chi connectivity index (χ0n) is 12.1. The maximum atomic E-state index is 12.3. The van der Waals surface area contributed by atoms with Crippen molar-refractivity contribution in [3.05, 3.63) is 71.8 Å². The Morgan fingerprint density at radius 3 is 2.33 bits per heavy atom. The fourth-order valence-corrected chi connectivity index (χ4v) is 2.85. The number of carbonyl (C=O) groups is 1. The van der Waals surface area contributed by atoms with E-state index in [-0.39, 0.29) is 24.7 Å². The van der Waals surface area contributed by atoms with Crippen LogP contribution in [0, 0.1) is 0 Å². The molecule has 1 aliphatic heterocycles. The van der Waals surface area contributed by atoms with E-state index in [9.17, 15) is 4.79 Å². The molecular formula is C18H19NO2. The number of hydrogen-bond donors (Lipinski definition) is 0. The molecule has 1 saturated heterocycles. The third-order valence-corrected chi connectivity index (χ3v) is 3.91. The van der Waals surface area contributed by atoms with E-state index in [1.165, 1.54) is 0 Å². The molecule has 1 amide bonds. The molecule has 108 valence electrons. The molecule has 0 spiro atoms. The minimum atomic E-state index is -0.0346. The van der Waals surface area contributed by atoms with Gasteiger partial charge in [0.2, 0.25) is 5.91 Å². The highest BCUT2D eigenvalue weighted by Crippen LogP contribution is 2.31. The lowest BCUT2D eigenvalue weighted by molar-refractivity contribution is -0.157. The summed E-state index contributed by atoms with van der Waals surface area (Å²) in [6.45, 7) is 2.81. The van der Waals surface area contributed by atoms with E-state index >= 15 is 0 Å². The number of morpholine rings is 1. The van der Waals surface area contributed by atoms with E-state index in [1.54, 1.807) is 0 Å². The van der Waals surface area contributed by atoms with Crippen LogP contribution in [0.25, 0.3) is 0 Å². The van der Waals surface area contributed by atoms with Gasteiger partial charge in [0.1, 0.15) is 6.61 Å². The first-order chi connectivity index (χ1) is 10.3. The lowest BCUT2D eigenvalue weighted by Crippen LogP contribution is -2.47. The van der Waals surface area contributed by atoms with Crippen LogP contribution < -0.4 is 0 Å². The Morgan fingerprint density at radius 2 is 1.67 bits per heavy atom. The molecule has 3 heteroatoms. The van der Waals surface area contributed by atoms with Crippen LogP contribution in [-0.4, -0.2) is 23.5 Å². The number of ether oxygens (including phenoxy) is 1. The molecule has 1 heterocycles. The standard InChI is InChI=1S/C18H19NO2/c1-14-18(16-10-6-3-7-11-16)19(17(20)13-21-14)12-15-8-4-2-5-9-15/h2-11,14,18H,12-13H2,1H3/t14-,18-/m0/s1. The second-order valence-corrected chi connectivity index (χ2v) is 5.38. The molecule has 0 radical (unpaired) electrons. The lowest BCUT2D eigenvalue weighted by atomic mass is 9.98. The van der Waals surface area contributed by atoms with Crippen molar-refractivity contribution in [3.63, 3.8) is 0 Å². The third-order valence-electron chi connectivity index (χ3n) is 3.91. The van der Waals surface area contributed by atoms with E-state index in [4.69, 9.17) is 4.74 Å². The molecule has 0 bridgehead atoms. The van der Waals surface area contributed by atoms with Gasteiger partial charge < -0.3 is 9.64 Å². The lowest BCUT2D eigenvalue weighted by Gasteiger charge is -2.40. The number of carbonyl (C=O) groups excluding carboxylic acids is 1. The van der Waals surface area contributed by atoms with Crippen molar-refractivity contribution in [1.82, 2.24) is 4.90 Å². The highest BCUT2D eigenvalue weighted by atomic mass is 16.5. The summed E-state index contributed by atoms with van der Waals surface area (Å²) in [5, 5.41) is 0. The molecule has 1 aliphatic rings. The number of nitrogens with zero attached hydrogens (tertiary/aromatic N) is 1.